The second-order valence-corrected chi connectivity index (χ2v) is 17.9. The van der Waals surface area contributed by atoms with Crippen LogP contribution in [0.15, 0.2) is 33.1 Å². The summed E-state index contributed by atoms with van der Waals surface area (Å²) in [4.78, 5) is 19.0. The van der Waals surface area contributed by atoms with Gasteiger partial charge in [0.15, 0.2) is 0 Å². The van der Waals surface area contributed by atoms with Gasteiger partial charge < -0.3 is 23.2 Å². The number of rotatable bonds is 11. The molecule has 1 aliphatic rings. The monoisotopic (exact) mass is 805 g/mol. The molecule has 0 bridgehead atoms. The van der Waals surface area contributed by atoms with Crippen molar-refractivity contribution in [2.45, 2.75) is 59.2 Å². The molecule has 0 saturated carbocycles. The van der Waals surface area contributed by atoms with E-state index in [1.807, 2.05) is 13.8 Å². The molecule has 0 spiro atoms. The quantitative estimate of drug-likeness (QED) is 0.0940. The maximum atomic E-state index is 11.6. The minimum Gasteiger partial charge on any atom is -0.403 e. The molecule has 14 nitrogen and oxygen atoms in total. The SMILES string of the molecule is C1CCOC1.CCCCl.CCCCl.NP(=O)(CCCCl)OCc1ccc([N+](=O)[O-])o1.O=P(Cl)(Cl)Cl.O=[N+]([O-])c1ccc(CO)o1. The van der Waals surface area contributed by atoms with E-state index in [9.17, 15) is 29.4 Å². The Balaban J connectivity index is -0.000000531. The first-order chi connectivity index (χ1) is 21.0. The number of ether oxygens (including phenoxy) is 1. The maximum absolute atomic E-state index is 11.6. The van der Waals surface area contributed by atoms with Crippen LogP contribution in [0.2, 0.25) is 0 Å². The van der Waals surface area contributed by atoms with Crippen molar-refractivity contribution in [3.63, 3.8) is 0 Å². The molecule has 3 N–H and O–H groups in total. The molecule has 1 fully saturated rings. The summed E-state index contributed by atoms with van der Waals surface area (Å²) in [6, 6.07) is 5.13. The van der Waals surface area contributed by atoms with Crippen molar-refractivity contribution in [2.75, 3.05) is 37.0 Å². The molecule has 0 aliphatic carbocycles. The van der Waals surface area contributed by atoms with Gasteiger partial charge in [0.2, 0.25) is 0 Å². The van der Waals surface area contributed by atoms with Gasteiger partial charge in [0.25, 0.3) is 7.52 Å². The number of nitrogens with two attached hydrogens (primary N) is 1. The number of hydrogen-bond acceptors (Lipinski definition) is 11. The molecule has 3 rings (SSSR count). The van der Waals surface area contributed by atoms with Crippen molar-refractivity contribution < 1.29 is 42.2 Å². The van der Waals surface area contributed by atoms with Gasteiger partial charge in [-0.3, -0.25) is 34.9 Å². The molecule has 1 aliphatic heterocycles. The fourth-order valence-corrected chi connectivity index (χ4v) is 3.51. The second-order valence-electron chi connectivity index (χ2n) is 8.01. The van der Waals surface area contributed by atoms with Crippen LogP contribution in [0, 0.1) is 20.2 Å². The third-order valence-corrected chi connectivity index (χ3v) is 6.57. The highest BCUT2D eigenvalue weighted by molar-refractivity contribution is 8.24. The number of furan rings is 2. The molecule has 22 heteroatoms. The number of aliphatic hydroxyl groups excluding tert-OH is 1. The summed E-state index contributed by atoms with van der Waals surface area (Å²) in [5.74, 6) is 1.59. The molecule has 264 valence electrons. The first kappa shape index (κ1) is 48.8. The Morgan fingerprint density at radius 3 is 1.53 bits per heavy atom. The molecular weight excluding hydrogens is 769 g/mol. The normalized spacial score (nSPS) is 12.9. The highest BCUT2D eigenvalue weighted by Crippen LogP contribution is 2.61. The lowest BCUT2D eigenvalue weighted by atomic mass is 10.4. The van der Waals surface area contributed by atoms with Crippen molar-refractivity contribution in [2.24, 2.45) is 5.50 Å². The summed E-state index contributed by atoms with van der Waals surface area (Å²) < 4.78 is 40.4. The number of nitro groups is 2. The average molecular weight is 808 g/mol. The van der Waals surface area contributed by atoms with E-state index in [4.69, 9.17) is 59.1 Å². The topological polar surface area (TPSA) is 211 Å². The number of nitrogens with zero attached hydrogens (tertiary/aromatic N) is 2. The highest BCUT2D eigenvalue weighted by Gasteiger charge is 2.19. The van der Waals surface area contributed by atoms with Crippen molar-refractivity contribution in [3.8, 4) is 0 Å². The van der Waals surface area contributed by atoms with E-state index >= 15 is 0 Å². The number of halogens is 6. The van der Waals surface area contributed by atoms with E-state index in [2.05, 4.69) is 38.1 Å². The van der Waals surface area contributed by atoms with Gasteiger partial charge in [-0.25, -0.2) is 0 Å². The largest absolute Gasteiger partial charge is 0.433 e. The van der Waals surface area contributed by atoms with E-state index in [-0.39, 0.29) is 36.8 Å². The molecule has 0 aromatic carbocycles. The lowest BCUT2D eigenvalue weighted by molar-refractivity contribution is -0.402. The van der Waals surface area contributed by atoms with Gasteiger partial charge in [-0.15, -0.1) is 34.8 Å². The number of alkyl halides is 3. The molecule has 45 heavy (non-hydrogen) atoms. The Kier molecular flexibility index (Phi) is 33.3. The van der Waals surface area contributed by atoms with E-state index in [1.165, 1.54) is 37.1 Å². The van der Waals surface area contributed by atoms with Crippen LogP contribution in [0.5, 0.6) is 0 Å². The number of aliphatic hydroxyl groups is 1. The minimum absolute atomic E-state index is 0.163. The van der Waals surface area contributed by atoms with Crippen molar-refractivity contribution in [1.82, 2.24) is 0 Å². The lowest BCUT2D eigenvalue weighted by Gasteiger charge is -2.11. The summed E-state index contributed by atoms with van der Waals surface area (Å²) >= 11 is 29.7. The summed E-state index contributed by atoms with van der Waals surface area (Å²) in [7, 11) is -3.20. The van der Waals surface area contributed by atoms with Crippen LogP contribution in [0.3, 0.4) is 0 Å². The molecule has 0 radical (unpaired) electrons. The van der Waals surface area contributed by atoms with Gasteiger partial charge >= 0.3 is 17.0 Å². The van der Waals surface area contributed by atoms with Crippen molar-refractivity contribution in [1.29, 1.82) is 0 Å². The van der Waals surface area contributed by atoms with Gasteiger partial charge in [0, 0.05) is 37.0 Å². The van der Waals surface area contributed by atoms with E-state index < -0.39 is 28.5 Å². The average Bonchev–Trinajstić information content (AvgIpc) is 3.78. The third kappa shape index (κ3) is 36.1. The van der Waals surface area contributed by atoms with Crippen molar-refractivity contribution in [3.05, 3.63) is 56.0 Å². The zero-order valence-electron chi connectivity index (χ0n) is 24.7. The zero-order valence-corrected chi connectivity index (χ0v) is 31.0. The van der Waals surface area contributed by atoms with Crippen LogP contribution in [0.1, 0.15) is 57.5 Å². The molecular formula is C23H39Cl6N3O11P2. The van der Waals surface area contributed by atoms with Gasteiger partial charge in [-0.05, 0) is 78.0 Å². The maximum Gasteiger partial charge on any atom is 0.433 e. The Morgan fingerprint density at radius 1 is 0.867 bits per heavy atom. The van der Waals surface area contributed by atoms with E-state index in [0.29, 0.717) is 12.3 Å². The first-order valence-electron chi connectivity index (χ1n) is 13.0. The Hall–Kier alpha value is -0.600. The second kappa shape index (κ2) is 30.7. The summed E-state index contributed by atoms with van der Waals surface area (Å²) in [6.45, 7) is 5.62. The lowest BCUT2D eigenvalue weighted by Crippen LogP contribution is -2.04. The Labute approximate surface area is 291 Å². The fraction of sp³-hybridized carbons (Fsp3) is 0.652. The Bertz CT molecular complexity index is 1090. The van der Waals surface area contributed by atoms with Gasteiger partial charge in [-0.1, -0.05) is 13.8 Å². The summed E-state index contributed by atoms with van der Waals surface area (Å²) in [5.41, 5.74) is 5.42. The van der Waals surface area contributed by atoms with Crippen LogP contribution >= 0.6 is 81.2 Å². The van der Waals surface area contributed by atoms with Crippen molar-refractivity contribution >= 4 is 93.0 Å². The van der Waals surface area contributed by atoms with E-state index in [1.54, 1.807) is 0 Å². The third-order valence-electron chi connectivity index (χ3n) is 4.04. The Morgan fingerprint density at radius 2 is 1.27 bits per heavy atom. The predicted molar refractivity (Wildman–Crippen MR) is 181 cm³/mol. The minimum atomic E-state index is -3.22. The predicted octanol–water partition coefficient (Wildman–Crippen LogP) is 10.0. The van der Waals surface area contributed by atoms with E-state index in [0.717, 1.165) is 37.8 Å². The van der Waals surface area contributed by atoms with Crippen LogP contribution in [-0.2, 0) is 31.6 Å². The fourth-order valence-electron chi connectivity index (χ4n) is 2.12. The molecule has 2 aromatic heterocycles. The highest BCUT2D eigenvalue weighted by atomic mass is 36.0. The molecule has 1 saturated heterocycles. The first-order valence-corrected chi connectivity index (χ1v) is 21.0. The number of hydrogen-bond donors (Lipinski definition) is 2. The smallest absolute Gasteiger partial charge is 0.403 e. The molecule has 1 unspecified atom stereocenters. The van der Waals surface area contributed by atoms with Crippen LogP contribution in [0.25, 0.3) is 0 Å². The summed E-state index contributed by atoms with van der Waals surface area (Å²) in [5, 5.41) is 25.5. The van der Waals surface area contributed by atoms with Gasteiger partial charge in [0.1, 0.15) is 34.6 Å². The summed E-state index contributed by atoms with van der Waals surface area (Å²) in [6.07, 6.45) is 5.37. The van der Waals surface area contributed by atoms with Crippen LogP contribution in [-0.4, -0.2) is 52.0 Å². The molecule has 3 heterocycles. The molecule has 1 atom stereocenters. The van der Waals surface area contributed by atoms with Gasteiger partial charge in [0.05, 0.1) is 12.1 Å². The molecule has 0 amide bonds. The zero-order chi connectivity index (χ0) is 35.3. The standard InChI is InChI=1S/C8H12ClN2O5P.C5H5NO4.C4H8O.2C3H7Cl.Cl3OP/c9-4-1-5-17(10,14)15-6-7-2-3-8(16-7)11(12)13;7-3-4-1-2-5(10-4)6(8)9;1-2-4-5-3-1;2*1-2-3-4;1-5(2,3)4/h2-3H,1,4-6H2,(H2,10,14);1-2,7H,3H2;1-4H2;2*2-3H2,1H3;. The van der Waals surface area contributed by atoms with Gasteiger partial charge in [-0.2, -0.15) is 0 Å². The molecule has 2 aromatic rings. The van der Waals surface area contributed by atoms with Crippen LogP contribution in [0.4, 0.5) is 11.8 Å². The van der Waals surface area contributed by atoms with Crippen LogP contribution < -0.4 is 5.50 Å².